The molecule has 0 saturated heterocycles. The molecule has 2 aromatic heterocycles. The van der Waals surface area contributed by atoms with Crippen LogP contribution in [0.15, 0.2) is 10.6 Å². The van der Waals surface area contributed by atoms with Gasteiger partial charge >= 0.3 is 6.18 Å². The molecule has 0 atom stereocenters. The Bertz CT molecular complexity index is 620. The molecule has 0 amide bonds. The Hall–Kier alpha value is -2.36. The van der Waals surface area contributed by atoms with Crippen molar-refractivity contribution in [2.24, 2.45) is 5.84 Å². The van der Waals surface area contributed by atoms with Crippen molar-refractivity contribution < 1.29 is 17.7 Å². The zero-order chi connectivity index (χ0) is 15.6. The fourth-order valence-electron chi connectivity index (χ4n) is 1.67. The first-order valence-corrected chi connectivity index (χ1v) is 5.89. The van der Waals surface area contributed by atoms with Gasteiger partial charge in [-0.25, -0.2) is 15.8 Å². The molecule has 21 heavy (non-hydrogen) atoms. The summed E-state index contributed by atoms with van der Waals surface area (Å²) in [4.78, 5) is 6.68. The van der Waals surface area contributed by atoms with Crippen molar-refractivity contribution in [1.29, 1.82) is 0 Å². The predicted octanol–water partition coefficient (Wildman–Crippen LogP) is 2.00. The van der Waals surface area contributed by atoms with Gasteiger partial charge in [0.05, 0.1) is 5.69 Å². The number of nitrogen functional groups attached to an aromatic ring is 1. The summed E-state index contributed by atoms with van der Waals surface area (Å²) in [5.74, 6) is 4.27. The van der Waals surface area contributed by atoms with E-state index < -0.39 is 12.0 Å². The van der Waals surface area contributed by atoms with E-state index in [9.17, 15) is 13.2 Å². The Morgan fingerprint density at radius 3 is 2.43 bits per heavy atom. The quantitative estimate of drug-likeness (QED) is 0.586. The highest BCUT2D eigenvalue weighted by atomic mass is 19.4. The van der Waals surface area contributed by atoms with Crippen LogP contribution in [0.4, 0.5) is 24.8 Å². The van der Waals surface area contributed by atoms with E-state index in [4.69, 9.17) is 10.4 Å². The lowest BCUT2D eigenvalue weighted by Gasteiger charge is -2.11. The molecule has 2 aromatic rings. The van der Waals surface area contributed by atoms with Crippen molar-refractivity contribution in [2.45, 2.75) is 26.6 Å². The molecule has 2 heterocycles. The maximum Gasteiger partial charge on any atom is 0.451 e. The molecule has 0 fully saturated rings. The molecule has 0 aliphatic heterocycles. The van der Waals surface area contributed by atoms with Gasteiger partial charge in [-0.05, 0) is 13.8 Å². The van der Waals surface area contributed by atoms with E-state index in [1.807, 2.05) is 0 Å². The maximum absolute atomic E-state index is 12.7. The molecule has 0 aliphatic carbocycles. The second-order valence-corrected chi connectivity index (χ2v) is 4.26. The van der Waals surface area contributed by atoms with Crippen molar-refractivity contribution >= 4 is 11.6 Å². The average molecular weight is 302 g/mol. The smallest absolute Gasteiger partial charge is 0.366 e. The third-order valence-electron chi connectivity index (χ3n) is 2.76. The van der Waals surface area contributed by atoms with Crippen LogP contribution in [0.1, 0.15) is 22.8 Å². The molecule has 4 N–H and O–H groups in total. The first-order chi connectivity index (χ1) is 9.81. The fourth-order valence-corrected chi connectivity index (χ4v) is 1.67. The van der Waals surface area contributed by atoms with Gasteiger partial charge in [-0.2, -0.15) is 13.2 Å². The molecule has 2 rings (SSSR count). The Morgan fingerprint density at radius 2 is 1.90 bits per heavy atom. The monoisotopic (exact) mass is 302 g/mol. The lowest BCUT2D eigenvalue weighted by molar-refractivity contribution is -0.144. The molecule has 0 unspecified atom stereocenters. The summed E-state index contributed by atoms with van der Waals surface area (Å²) in [6, 6.07) is 1.27. The van der Waals surface area contributed by atoms with Crippen LogP contribution in [0, 0.1) is 13.8 Å². The second-order valence-electron chi connectivity index (χ2n) is 4.26. The highest BCUT2D eigenvalue weighted by Gasteiger charge is 2.35. The predicted molar refractivity (Wildman–Crippen MR) is 68.1 cm³/mol. The van der Waals surface area contributed by atoms with Crippen molar-refractivity contribution in [3.63, 3.8) is 0 Å². The van der Waals surface area contributed by atoms with Gasteiger partial charge in [-0.15, -0.1) is 0 Å². The fraction of sp³-hybridized carbons (Fsp3) is 0.364. The van der Waals surface area contributed by atoms with Crippen molar-refractivity contribution in [2.75, 3.05) is 10.7 Å². The lowest BCUT2D eigenvalue weighted by atomic mass is 10.2. The molecule has 10 heteroatoms. The Labute approximate surface area is 117 Å². The number of hydrogen-bond donors (Lipinski definition) is 3. The standard InChI is InChI=1S/C11H13F3N6O/c1-5-7(6(2)21-20-5)4-16-8-3-9(19-15)18-10(17-8)11(12,13)14/h3H,4,15H2,1-2H3,(H2,16,17,18,19). The number of aryl methyl sites for hydroxylation is 2. The van der Waals surface area contributed by atoms with E-state index in [0.29, 0.717) is 11.5 Å². The zero-order valence-electron chi connectivity index (χ0n) is 11.2. The number of nitrogens with zero attached hydrogens (tertiary/aromatic N) is 3. The van der Waals surface area contributed by atoms with E-state index in [-0.39, 0.29) is 18.2 Å². The van der Waals surface area contributed by atoms with Crippen LogP contribution in [-0.4, -0.2) is 15.1 Å². The van der Waals surface area contributed by atoms with E-state index >= 15 is 0 Å². The number of halogens is 3. The SMILES string of the molecule is Cc1noc(C)c1CNc1cc(NN)nc(C(F)(F)F)n1. The number of aromatic nitrogens is 3. The summed E-state index contributed by atoms with van der Waals surface area (Å²) in [7, 11) is 0. The van der Waals surface area contributed by atoms with Gasteiger partial charge in [-0.1, -0.05) is 5.16 Å². The number of hydrazine groups is 1. The molecular formula is C11H13F3N6O. The summed E-state index contributed by atoms with van der Waals surface area (Å²) in [5, 5.41) is 6.53. The van der Waals surface area contributed by atoms with Crippen LogP contribution in [0.3, 0.4) is 0 Å². The van der Waals surface area contributed by atoms with Crippen LogP contribution in [-0.2, 0) is 12.7 Å². The van der Waals surface area contributed by atoms with Gasteiger partial charge in [0, 0.05) is 18.2 Å². The van der Waals surface area contributed by atoms with Gasteiger partial charge in [0.25, 0.3) is 0 Å². The summed E-state index contributed by atoms with van der Waals surface area (Å²) >= 11 is 0. The molecule has 114 valence electrons. The number of anilines is 2. The van der Waals surface area contributed by atoms with Gasteiger partial charge < -0.3 is 15.3 Å². The number of alkyl halides is 3. The lowest BCUT2D eigenvalue weighted by Crippen LogP contribution is -2.17. The van der Waals surface area contributed by atoms with Crippen LogP contribution >= 0.6 is 0 Å². The minimum absolute atomic E-state index is 0.00900. The maximum atomic E-state index is 12.7. The van der Waals surface area contributed by atoms with E-state index in [1.165, 1.54) is 6.07 Å². The Morgan fingerprint density at radius 1 is 1.24 bits per heavy atom. The number of hydrogen-bond acceptors (Lipinski definition) is 7. The van der Waals surface area contributed by atoms with E-state index in [2.05, 4.69) is 25.9 Å². The van der Waals surface area contributed by atoms with Crippen molar-refractivity contribution in [3.8, 4) is 0 Å². The van der Waals surface area contributed by atoms with Gasteiger partial charge in [0.15, 0.2) is 0 Å². The van der Waals surface area contributed by atoms with Crippen molar-refractivity contribution in [1.82, 2.24) is 15.1 Å². The number of nitrogens with one attached hydrogen (secondary N) is 2. The van der Waals surface area contributed by atoms with E-state index in [1.54, 1.807) is 13.8 Å². The van der Waals surface area contributed by atoms with Gasteiger partial charge in [0.2, 0.25) is 5.82 Å². The Balaban J connectivity index is 2.24. The normalized spacial score (nSPS) is 11.5. The zero-order valence-corrected chi connectivity index (χ0v) is 11.2. The second kappa shape index (κ2) is 5.56. The number of rotatable bonds is 4. The van der Waals surface area contributed by atoms with Crippen molar-refractivity contribution in [3.05, 3.63) is 28.9 Å². The molecule has 0 aliphatic rings. The first kappa shape index (κ1) is 15.0. The molecule has 0 radical (unpaired) electrons. The van der Waals surface area contributed by atoms with Crippen LogP contribution < -0.4 is 16.6 Å². The minimum Gasteiger partial charge on any atom is -0.366 e. The summed E-state index contributed by atoms with van der Waals surface area (Å²) < 4.78 is 43.0. The first-order valence-electron chi connectivity index (χ1n) is 5.89. The average Bonchev–Trinajstić information content (AvgIpc) is 2.74. The molecule has 0 spiro atoms. The molecular weight excluding hydrogens is 289 g/mol. The third-order valence-corrected chi connectivity index (χ3v) is 2.76. The largest absolute Gasteiger partial charge is 0.451 e. The van der Waals surface area contributed by atoms with Crippen LogP contribution in [0.2, 0.25) is 0 Å². The van der Waals surface area contributed by atoms with Gasteiger partial charge in [0.1, 0.15) is 17.4 Å². The van der Waals surface area contributed by atoms with Crippen LogP contribution in [0.5, 0.6) is 0 Å². The summed E-state index contributed by atoms with van der Waals surface area (Å²) in [5.41, 5.74) is 3.48. The topological polar surface area (TPSA) is 102 Å². The molecule has 7 nitrogen and oxygen atoms in total. The highest BCUT2D eigenvalue weighted by Crippen LogP contribution is 2.28. The van der Waals surface area contributed by atoms with E-state index in [0.717, 1.165) is 5.56 Å². The third kappa shape index (κ3) is 3.40. The number of nitrogens with two attached hydrogens (primary N) is 1. The Kier molecular flexibility index (Phi) is 3.98. The minimum atomic E-state index is -4.66. The summed E-state index contributed by atoms with van der Waals surface area (Å²) in [6.07, 6.45) is -4.66. The highest BCUT2D eigenvalue weighted by molar-refractivity contribution is 5.47. The van der Waals surface area contributed by atoms with Crippen LogP contribution in [0.25, 0.3) is 0 Å². The van der Waals surface area contributed by atoms with Gasteiger partial charge in [-0.3, -0.25) is 0 Å². The molecule has 0 saturated carbocycles. The molecule has 0 bridgehead atoms. The summed E-state index contributed by atoms with van der Waals surface area (Å²) in [6.45, 7) is 3.67. The molecule has 0 aromatic carbocycles.